The lowest BCUT2D eigenvalue weighted by atomic mass is 10.4. The van der Waals surface area contributed by atoms with Gasteiger partial charge in [-0.05, 0) is 13.1 Å². The predicted molar refractivity (Wildman–Crippen MR) is 38.2 cm³/mol. The van der Waals surface area contributed by atoms with Crippen molar-refractivity contribution in [3.8, 4) is 0 Å². The summed E-state index contributed by atoms with van der Waals surface area (Å²) in [6.07, 6.45) is 0.446. The van der Waals surface area contributed by atoms with Crippen LogP contribution in [0.1, 0.15) is 6.92 Å². The van der Waals surface area contributed by atoms with Crippen molar-refractivity contribution in [2.75, 3.05) is 6.54 Å². The van der Waals surface area contributed by atoms with Crippen molar-refractivity contribution in [3.05, 3.63) is 12.8 Å². The van der Waals surface area contributed by atoms with Crippen LogP contribution in [-0.2, 0) is 4.79 Å². The van der Waals surface area contributed by atoms with Crippen LogP contribution in [0, 0.1) is 0 Å². The fraction of sp³-hybridized carbons (Fsp3) is 0.500. The van der Waals surface area contributed by atoms with Gasteiger partial charge in [-0.3, -0.25) is 0 Å². The Morgan fingerprint density at radius 2 is 2.50 bits per heavy atom. The van der Waals surface area contributed by atoms with Crippen LogP contribution >= 0.6 is 0 Å². The summed E-state index contributed by atoms with van der Waals surface area (Å²) >= 11 is 0. The lowest BCUT2D eigenvalue weighted by molar-refractivity contribution is -0.142. The van der Waals surface area contributed by atoms with Crippen LogP contribution in [0.4, 0.5) is 0 Å². The van der Waals surface area contributed by atoms with Crippen molar-refractivity contribution in [2.24, 2.45) is 5.73 Å². The van der Waals surface area contributed by atoms with Crippen LogP contribution in [0.15, 0.2) is 12.8 Å². The van der Waals surface area contributed by atoms with Crippen LogP contribution in [0.3, 0.4) is 0 Å². The van der Waals surface area contributed by atoms with Gasteiger partial charge in [-0.1, -0.05) is 6.58 Å². The second kappa shape index (κ2) is 3.90. The fourth-order valence-corrected chi connectivity index (χ4v) is 0.581. The molecule has 0 unspecified atom stereocenters. The molecule has 0 amide bonds. The van der Waals surface area contributed by atoms with E-state index < -0.39 is 12.1 Å². The van der Waals surface area contributed by atoms with E-state index in [0.29, 0.717) is 6.54 Å². The maximum absolute atomic E-state index is 10.2. The van der Waals surface area contributed by atoms with Crippen LogP contribution in [0.25, 0.3) is 0 Å². The zero-order chi connectivity index (χ0) is 8.15. The molecule has 4 heteroatoms. The minimum atomic E-state index is -1.04. The molecular formula is C6H12N2O2. The van der Waals surface area contributed by atoms with Gasteiger partial charge in [0.2, 0.25) is 0 Å². The molecule has 0 aliphatic rings. The van der Waals surface area contributed by atoms with Crippen LogP contribution in [-0.4, -0.2) is 28.7 Å². The van der Waals surface area contributed by atoms with E-state index in [9.17, 15) is 4.79 Å². The number of rotatable bonds is 4. The highest BCUT2D eigenvalue weighted by Crippen LogP contribution is 1.92. The summed E-state index contributed by atoms with van der Waals surface area (Å²) < 4.78 is 0. The molecular weight excluding hydrogens is 132 g/mol. The Kier molecular flexibility index (Phi) is 3.49. The van der Waals surface area contributed by atoms with Gasteiger partial charge in [0.15, 0.2) is 6.17 Å². The Bertz CT molecular complexity index is 136. The van der Waals surface area contributed by atoms with Crippen molar-refractivity contribution in [1.82, 2.24) is 4.90 Å². The third-order valence-electron chi connectivity index (χ3n) is 1.21. The van der Waals surface area contributed by atoms with Gasteiger partial charge in [0, 0.05) is 6.54 Å². The average molecular weight is 144 g/mol. The summed E-state index contributed by atoms with van der Waals surface area (Å²) in [5.74, 6) is -1.04. The molecule has 0 heterocycles. The number of carboxylic acid groups (broad SMARTS) is 1. The van der Waals surface area contributed by atoms with Gasteiger partial charge in [-0.25, -0.2) is 4.79 Å². The highest BCUT2D eigenvalue weighted by Gasteiger charge is 2.15. The van der Waals surface area contributed by atoms with Gasteiger partial charge in [0.05, 0.1) is 0 Å². The van der Waals surface area contributed by atoms with Gasteiger partial charge in [0.1, 0.15) is 0 Å². The lowest BCUT2D eigenvalue weighted by Crippen LogP contribution is -2.44. The molecule has 0 bridgehead atoms. The van der Waals surface area contributed by atoms with Crippen LogP contribution in [0.2, 0.25) is 0 Å². The molecule has 58 valence electrons. The number of hydrogen-bond acceptors (Lipinski definition) is 3. The number of carbonyl (C=O) groups is 1. The van der Waals surface area contributed by atoms with Gasteiger partial charge in [0.25, 0.3) is 0 Å². The van der Waals surface area contributed by atoms with Crippen molar-refractivity contribution in [2.45, 2.75) is 13.1 Å². The van der Waals surface area contributed by atoms with Crippen LogP contribution < -0.4 is 5.73 Å². The second-order valence-corrected chi connectivity index (χ2v) is 1.80. The van der Waals surface area contributed by atoms with E-state index in [4.69, 9.17) is 10.8 Å². The summed E-state index contributed by atoms with van der Waals surface area (Å²) in [6, 6.07) is 0. The quantitative estimate of drug-likeness (QED) is 0.537. The molecule has 0 aliphatic heterocycles. The second-order valence-electron chi connectivity index (χ2n) is 1.80. The molecule has 0 aromatic carbocycles. The number of likely N-dealkylation sites (N-methyl/N-ethyl adjacent to an activating group) is 1. The van der Waals surface area contributed by atoms with Crippen molar-refractivity contribution < 1.29 is 9.90 Å². The molecule has 0 saturated carbocycles. The minimum absolute atomic E-state index is 0.553. The fourth-order valence-electron chi connectivity index (χ4n) is 0.581. The number of nitrogens with zero attached hydrogens (tertiary/aromatic N) is 1. The Labute approximate surface area is 59.9 Å². The maximum atomic E-state index is 10.2. The van der Waals surface area contributed by atoms with Crippen molar-refractivity contribution in [3.63, 3.8) is 0 Å². The zero-order valence-electron chi connectivity index (χ0n) is 5.95. The number of aliphatic carboxylic acids is 1. The van der Waals surface area contributed by atoms with Gasteiger partial charge in [-0.2, -0.15) is 0 Å². The molecule has 0 saturated heterocycles. The molecule has 0 radical (unpaired) electrons. The lowest BCUT2D eigenvalue weighted by Gasteiger charge is -2.21. The molecule has 0 aromatic rings. The number of carboxylic acids is 1. The highest BCUT2D eigenvalue weighted by molar-refractivity contribution is 5.72. The average Bonchev–Trinajstić information content (AvgIpc) is 1.90. The monoisotopic (exact) mass is 144 g/mol. The third-order valence-corrected chi connectivity index (χ3v) is 1.21. The Balaban J connectivity index is 4.00. The van der Waals surface area contributed by atoms with Gasteiger partial charge < -0.3 is 15.7 Å². The minimum Gasteiger partial charge on any atom is -0.479 e. The molecule has 0 aromatic heterocycles. The van der Waals surface area contributed by atoms with Gasteiger partial charge >= 0.3 is 5.97 Å². The Hall–Kier alpha value is -1.03. The van der Waals surface area contributed by atoms with E-state index in [1.165, 1.54) is 11.1 Å². The first-order valence-electron chi connectivity index (χ1n) is 3.00. The molecule has 4 nitrogen and oxygen atoms in total. The largest absolute Gasteiger partial charge is 0.479 e. The molecule has 3 N–H and O–H groups in total. The topological polar surface area (TPSA) is 66.6 Å². The highest BCUT2D eigenvalue weighted by atomic mass is 16.4. The predicted octanol–water partition coefficient (Wildman–Crippen LogP) is -0.179. The van der Waals surface area contributed by atoms with Gasteiger partial charge in [-0.15, -0.1) is 0 Å². The first-order chi connectivity index (χ1) is 4.63. The standard InChI is InChI=1S/C6H12N2O2/c1-3-8(4-2)5(7)6(9)10/h3,5H,1,4,7H2,2H3,(H,9,10)/t5-/m1/s1. The Morgan fingerprint density at radius 1 is 2.00 bits per heavy atom. The molecule has 0 spiro atoms. The van der Waals surface area contributed by atoms with Crippen molar-refractivity contribution >= 4 is 5.97 Å². The Morgan fingerprint density at radius 3 is 2.60 bits per heavy atom. The zero-order valence-corrected chi connectivity index (χ0v) is 5.95. The molecule has 10 heavy (non-hydrogen) atoms. The molecule has 1 atom stereocenters. The normalized spacial score (nSPS) is 12.2. The van der Waals surface area contributed by atoms with E-state index in [2.05, 4.69) is 6.58 Å². The van der Waals surface area contributed by atoms with Crippen molar-refractivity contribution in [1.29, 1.82) is 0 Å². The number of hydrogen-bond donors (Lipinski definition) is 2. The summed E-state index contributed by atoms with van der Waals surface area (Å²) in [5, 5.41) is 8.40. The van der Waals surface area contributed by atoms with E-state index in [0.717, 1.165) is 0 Å². The SMILES string of the molecule is C=CN(CC)[C@@H](N)C(=O)O. The van der Waals surface area contributed by atoms with E-state index in [1.54, 1.807) is 0 Å². The number of nitrogens with two attached hydrogens (primary N) is 1. The van der Waals surface area contributed by atoms with E-state index in [1.807, 2.05) is 6.92 Å². The van der Waals surface area contributed by atoms with E-state index in [-0.39, 0.29) is 0 Å². The molecule has 0 aliphatic carbocycles. The summed E-state index contributed by atoms with van der Waals surface area (Å²) in [7, 11) is 0. The maximum Gasteiger partial charge on any atom is 0.341 e. The summed E-state index contributed by atoms with van der Waals surface area (Å²) in [4.78, 5) is 11.7. The smallest absolute Gasteiger partial charge is 0.341 e. The third kappa shape index (κ3) is 2.06. The van der Waals surface area contributed by atoms with Crippen LogP contribution in [0.5, 0.6) is 0 Å². The first kappa shape index (κ1) is 8.97. The van der Waals surface area contributed by atoms with E-state index >= 15 is 0 Å². The summed E-state index contributed by atoms with van der Waals surface area (Å²) in [5.41, 5.74) is 5.24. The first-order valence-corrected chi connectivity index (χ1v) is 3.00. The summed E-state index contributed by atoms with van der Waals surface area (Å²) in [6.45, 7) is 5.78. The molecule has 0 rings (SSSR count). The molecule has 0 fully saturated rings.